The summed E-state index contributed by atoms with van der Waals surface area (Å²) in [5.41, 5.74) is 6.15. The fourth-order valence-electron chi connectivity index (χ4n) is 3.00. The molecular weight excluding hydrogens is 288 g/mol. The van der Waals surface area contributed by atoms with Crippen LogP contribution in [0.2, 0.25) is 0 Å². The summed E-state index contributed by atoms with van der Waals surface area (Å²) in [5.74, 6) is 0.548. The Morgan fingerprint density at radius 2 is 2.00 bits per heavy atom. The van der Waals surface area contributed by atoms with Crippen molar-refractivity contribution in [3.05, 3.63) is 18.2 Å². The number of nitrogens with two attached hydrogens (primary N) is 1. The number of ether oxygens (including phenoxy) is 1. The van der Waals surface area contributed by atoms with Crippen LogP contribution >= 0.6 is 0 Å². The lowest BCUT2D eigenvalue weighted by Gasteiger charge is -2.27. The fraction of sp³-hybridized carbons (Fsp3) is 0.600. The SMILES string of the molecule is CCC1(CNS(=O)(=O)c2ccc(OC)cc2N)CCCC1. The molecule has 21 heavy (non-hydrogen) atoms. The summed E-state index contributed by atoms with van der Waals surface area (Å²) < 4.78 is 32.7. The smallest absolute Gasteiger partial charge is 0.242 e. The van der Waals surface area contributed by atoms with Gasteiger partial charge in [0.05, 0.1) is 12.8 Å². The molecule has 6 heteroatoms. The van der Waals surface area contributed by atoms with Gasteiger partial charge in [-0.3, -0.25) is 0 Å². The van der Waals surface area contributed by atoms with Gasteiger partial charge in [0.25, 0.3) is 0 Å². The minimum atomic E-state index is -3.58. The molecule has 0 unspecified atom stereocenters. The van der Waals surface area contributed by atoms with Gasteiger partial charge in [-0.15, -0.1) is 0 Å². The van der Waals surface area contributed by atoms with Crippen LogP contribution in [-0.4, -0.2) is 22.1 Å². The van der Waals surface area contributed by atoms with Crippen molar-refractivity contribution in [2.45, 2.75) is 43.9 Å². The second kappa shape index (κ2) is 6.23. The number of nitrogen functional groups attached to an aromatic ring is 1. The van der Waals surface area contributed by atoms with Gasteiger partial charge in [0.15, 0.2) is 0 Å². The van der Waals surface area contributed by atoms with E-state index < -0.39 is 10.0 Å². The summed E-state index contributed by atoms with van der Waals surface area (Å²) in [6, 6.07) is 4.62. The van der Waals surface area contributed by atoms with Crippen molar-refractivity contribution in [3.63, 3.8) is 0 Å². The first-order valence-electron chi connectivity index (χ1n) is 7.36. The third kappa shape index (κ3) is 3.49. The summed E-state index contributed by atoms with van der Waals surface area (Å²) in [5, 5.41) is 0. The number of methoxy groups -OCH3 is 1. The minimum absolute atomic E-state index is 0.105. The Bertz CT molecular complexity index is 593. The molecule has 1 aromatic carbocycles. The van der Waals surface area contributed by atoms with E-state index >= 15 is 0 Å². The first kappa shape index (κ1) is 16.1. The predicted octanol–water partition coefficient (Wildman–Crippen LogP) is 2.53. The standard InChI is InChI=1S/C15H24N2O3S/c1-3-15(8-4-5-9-15)11-17-21(18,19)14-7-6-12(20-2)10-13(14)16/h6-7,10,17H,3-5,8-9,11,16H2,1-2H3. The average molecular weight is 312 g/mol. The molecule has 0 radical (unpaired) electrons. The number of hydrogen-bond acceptors (Lipinski definition) is 4. The van der Waals surface area contributed by atoms with Crippen LogP contribution in [0.1, 0.15) is 39.0 Å². The molecule has 1 aliphatic carbocycles. The van der Waals surface area contributed by atoms with Crippen molar-refractivity contribution < 1.29 is 13.2 Å². The highest BCUT2D eigenvalue weighted by atomic mass is 32.2. The number of rotatable bonds is 6. The van der Waals surface area contributed by atoms with E-state index in [4.69, 9.17) is 10.5 Å². The fourth-order valence-corrected chi connectivity index (χ4v) is 4.27. The normalized spacial score (nSPS) is 17.8. The molecule has 1 aliphatic rings. The van der Waals surface area contributed by atoms with Gasteiger partial charge in [-0.05, 0) is 36.8 Å². The molecular formula is C15H24N2O3S. The highest BCUT2D eigenvalue weighted by Crippen LogP contribution is 2.40. The van der Waals surface area contributed by atoms with E-state index in [1.165, 1.54) is 32.1 Å². The number of benzene rings is 1. The minimum Gasteiger partial charge on any atom is -0.497 e. The van der Waals surface area contributed by atoms with Gasteiger partial charge in [0.2, 0.25) is 10.0 Å². The van der Waals surface area contributed by atoms with Crippen LogP contribution in [0.15, 0.2) is 23.1 Å². The molecule has 0 heterocycles. The van der Waals surface area contributed by atoms with E-state index in [2.05, 4.69) is 11.6 Å². The zero-order chi connectivity index (χ0) is 15.5. The second-order valence-electron chi connectivity index (χ2n) is 5.79. The lowest BCUT2D eigenvalue weighted by atomic mass is 9.84. The molecule has 118 valence electrons. The van der Waals surface area contributed by atoms with E-state index in [-0.39, 0.29) is 16.0 Å². The zero-order valence-electron chi connectivity index (χ0n) is 12.7. The molecule has 1 fully saturated rings. The Kier molecular flexibility index (Phi) is 4.78. The van der Waals surface area contributed by atoms with Crippen LogP contribution in [-0.2, 0) is 10.0 Å². The average Bonchev–Trinajstić information content (AvgIpc) is 2.94. The topological polar surface area (TPSA) is 81.4 Å². The Hall–Kier alpha value is -1.27. The van der Waals surface area contributed by atoms with E-state index in [0.717, 1.165) is 19.3 Å². The molecule has 0 atom stereocenters. The Morgan fingerprint density at radius 1 is 1.33 bits per heavy atom. The first-order valence-corrected chi connectivity index (χ1v) is 8.84. The summed E-state index contributed by atoms with van der Waals surface area (Å²) in [6.45, 7) is 2.61. The van der Waals surface area contributed by atoms with Crippen LogP contribution in [0.4, 0.5) is 5.69 Å². The maximum atomic E-state index is 12.4. The first-order chi connectivity index (χ1) is 9.92. The monoisotopic (exact) mass is 312 g/mol. The van der Waals surface area contributed by atoms with Crippen LogP contribution in [0, 0.1) is 5.41 Å². The van der Waals surface area contributed by atoms with E-state index in [1.807, 2.05) is 0 Å². The number of nitrogens with one attached hydrogen (secondary N) is 1. The highest BCUT2D eigenvalue weighted by molar-refractivity contribution is 7.89. The van der Waals surface area contributed by atoms with E-state index in [9.17, 15) is 8.42 Å². The predicted molar refractivity (Wildman–Crippen MR) is 83.8 cm³/mol. The maximum absolute atomic E-state index is 12.4. The highest BCUT2D eigenvalue weighted by Gasteiger charge is 2.33. The van der Waals surface area contributed by atoms with Gasteiger partial charge in [0.1, 0.15) is 10.6 Å². The van der Waals surface area contributed by atoms with Gasteiger partial charge in [0, 0.05) is 12.6 Å². The molecule has 0 bridgehead atoms. The molecule has 5 nitrogen and oxygen atoms in total. The third-order valence-electron chi connectivity index (χ3n) is 4.56. The third-order valence-corrected chi connectivity index (χ3v) is 6.03. The Labute approximate surface area is 126 Å². The molecule has 1 saturated carbocycles. The number of hydrogen-bond donors (Lipinski definition) is 2. The van der Waals surface area contributed by atoms with Crippen molar-refractivity contribution in [1.29, 1.82) is 0 Å². The summed E-state index contributed by atoms with van der Waals surface area (Å²) in [4.78, 5) is 0.118. The van der Waals surface area contributed by atoms with Gasteiger partial charge >= 0.3 is 0 Å². The summed E-state index contributed by atoms with van der Waals surface area (Å²) >= 11 is 0. The lowest BCUT2D eigenvalue weighted by molar-refractivity contribution is 0.285. The van der Waals surface area contributed by atoms with Crippen LogP contribution < -0.4 is 15.2 Å². The molecule has 0 saturated heterocycles. The second-order valence-corrected chi connectivity index (χ2v) is 7.52. The molecule has 2 rings (SSSR count). The molecule has 0 amide bonds. The van der Waals surface area contributed by atoms with Gasteiger partial charge in [-0.1, -0.05) is 19.8 Å². The van der Waals surface area contributed by atoms with Crippen LogP contribution in [0.25, 0.3) is 0 Å². The quantitative estimate of drug-likeness (QED) is 0.791. The van der Waals surface area contributed by atoms with Gasteiger partial charge in [-0.25, -0.2) is 13.1 Å². The zero-order valence-corrected chi connectivity index (χ0v) is 13.5. The largest absolute Gasteiger partial charge is 0.497 e. The van der Waals surface area contributed by atoms with Crippen LogP contribution in [0.3, 0.4) is 0 Å². The number of anilines is 1. The molecule has 1 aromatic rings. The van der Waals surface area contributed by atoms with Gasteiger partial charge in [-0.2, -0.15) is 0 Å². The summed E-state index contributed by atoms with van der Waals surface area (Å²) in [6.07, 6.45) is 5.53. The van der Waals surface area contributed by atoms with Crippen molar-refractivity contribution in [2.24, 2.45) is 5.41 Å². The van der Waals surface area contributed by atoms with Crippen molar-refractivity contribution in [3.8, 4) is 5.75 Å². The maximum Gasteiger partial charge on any atom is 0.242 e. The summed E-state index contributed by atoms with van der Waals surface area (Å²) in [7, 11) is -2.06. The van der Waals surface area contributed by atoms with Gasteiger partial charge < -0.3 is 10.5 Å². The molecule has 0 aromatic heterocycles. The van der Waals surface area contributed by atoms with Crippen molar-refractivity contribution >= 4 is 15.7 Å². The lowest BCUT2D eigenvalue weighted by Crippen LogP contribution is -2.35. The van der Waals surface area contributed by atoms with Crippen molar-refractivity contribution in [1.82, 2.24) is 4.72 Å². The Balaban J connectivity index is 2.15. The number of sulfonamides is 1. The van der Waals surface area contributed by atoms with Crippen LogP contribution in [0.5, 0.6) is 5.75 Å². The van der Waals surface area contributed by atoms with Crippen molar-refractivity contribution in [2.75, 3.05) is 19.4 Å². The van der Waals surface area contributed by atoms with E-state index in [0.29, 0.717) is 12.3 Å². The molecule has 0 aliphatic heterocycles. The molecule has 0 spiro atoms. The van der Waals surface area contributed by atoms with E-state index in [1.54, 1.807) is 6.07 Å². The Morgan fingerprint density at radius 3 is 2.52 bits per heavy atom. The molecule has 3 N–H and O–H groups in total.